The van der Waals surface area contributed by atoms with Crippen LogP contribution in [0.1, 0.15) is 49.4 Å². The number of ether oxygens (including phenoxy) is 1. The van der Waals surface area contributed by atoms with Gasteiger partial charge in [0.25, 0.3) is 5.91 Å². The number of rotatable bonds is 6. The molecule has 1 fully saturated rings. The standard InChI is InChI=1S/C20H23N5O2S.C2H6/c1-13(15-5-3-4-8-21-15)22-20-23-16-7-10-28-18(16)17(24-20)19(26)25-9-6-14(11-25)12-27-2;1-2/h3-5,7-8,10,13-14H,6,9,11-12H2,1-2H3,(H,22,23,24);1-2H3/t13?,14-;/m1./s1. The summed E-state index contributed by atoms with van der Waals surface area (Å²) in [5, 5.41) is 5.23. The van der Waals surface area contributed by atoms with Crippen LogP contribution in [0.3, 0.4) is 0 Å². The number of amides is 1. The third kappa shape index (κ3) is 4.94. The smallest absolute Gasteiger partial charge is 0.274 e. The summed E-state index contributed by atoms with van der Waals surface area (Å²) >= 11 is 1.50. The SMILES string of the molecule is CC.COC[C@@H]1CCN(C(=O)c2nc(NC(C)c3ccccn3)nc3ccsc23)C1. The Labute approximate surface area is 181 Å². The highest BCUT2D eigenvalue weighted by Gasteiger charge is 2.29. The van der Waals surface area contributed by atoms with Crippen LogP contribution in [-0.2, 0) is 4.74 Å². The third-order valence-corrected chi connectivity index (χ3v) is 5.87. The highest BCUT2D eigenvalue weighted by Crippen LogP contribution is 2.27. The molecule has 2 atom stereocenters. The van der Waals surface area contributed by atoms with E-state index < -0.39 is 0 Å². The van der Waals surface area contributed by atoms with Gasteiger partial charge in [0, 0.05) is 32.3 Å². The molecule has 0 spiro atoms. The zero-order chi connectivity index (χ0) is 21.5. The molecule has 1 amide bonds. The molecule has 1 saturated heterocycles. The van der Waals surface area contributed by atoms with E-state index in [1.165, 1.54) is 11.3 Å². The van der Waals surface area contributed by atoms with Gasteiger partial charge in [0.05, 0.1) is 28.6 Å². The molecule has 0 saturated carbocycles. The van der Waals surface area contributed by atoms with Gasteiger partial charge in [0.2, 0.25) is 5.95 Å². The molecule has 3 aromatic heterocycles. The Morgan fingerprint density at radius 2 is 2.17 bits per heavy atom. The molecule has 0 aromatic carbocycles. The number of nitrogens with zero attached hydrogens (tertiary/aromatic N) is 4. The van der Waals surface area contributed by atoms with E-state index in [1.807, 2.05) is 55.3 Å². The van der Waals surface area contributed by atoms with Gasteiger partial charge in [-0.25, -0.2) is 9.97 Å². The first kappa shape index (κ1) is 22.1. The average Bonchev–Trinajstić information content (AvgIpc) is 3.44. The predicted molar refractivity (Wildman–Crippen MR) is 121 cm³/mol. The van der Waals surface area contributed by atoms with Crippen molar-refractivity contribution < 1.29 is 9.53 Å². The maximum absolute atomic E-state index is 13.2. The van der Waals surface area contributed by atoms with Gasteiger partial charge < -0.3 is 15.0 Å². The number of thiophene rings is 1. The fraction of sp³-hybridized carbons (Fsp3) is 0.455. The van der Waals surface area contributed by atoms with Crippen LogP contribution in [-0.4, -0.2) is 52.6 Å². The number of likely N-dealkylation sites (tertiary alicyclic amines) is 1. The molecule has 4 heterocycles. The normalized spacial score (nSPS) is 16.8. The predicted octanol–water partition coefficient (Wildman–Crippen LogP) is 4.39. The van der Waals surface area contributed by atoms with Crippen LogP contribution >= 0.6 is 11.3 Å². The second kappa shape index (κ2) is 10.4. The summed E-state index contributed by atoms with van der Waals surface area (Å²) in [4.78, 5) is 28.6. The van der Waals surface area contributed by atoms with E-state index in [1.54, 1.807) is 13.3 Å². The van der Waals surface area contributed by atoms with Crippen molar-refractivity contribution in [1.82, 2.24) is 19.9 Å². The summed E-state index contributed by atoms with van der Waals surface area (Å²) in [5.74, 6) is 0.790. The molecule has 1 aliphatic rings. The first-order valence-corrected chi connectivity index (χ1v) is 11.2. The number of pyridine rings is 1. The molecule has 1 N–H and O–H groups in total. The van der Waals surface area contributed by atoms with E-state index >= 15 is 0 Å². The maximum Gasteiger partial charge on any atom is 0.274 e. The Balaban J connectivity index is 0.00000124. The summed E-state index contributed by atoms with van der Waals surface area (Å²) in [6, 6.07) is 7.63. The molecule has 4 rings (SSSR count). The Kier molecular flexibility index (Phi) is 7.70. The van der Waals surface area contributed by atoms with Crippen LogP contribution in [0.25, 0.3) is 10.2 Å². The minimum absolute atomic E-state index is 0.0398. The first-order chi connectivity index (χ1) is 14.7. The lowest BCUT2D eigenvalue weighted by molar-refractivity contribution is 0.0772. The quantitative estimate of drug-likeness (QED) is 0.628. The lowest BCUT2D eigenvalue weighted by Crippen LogP contribution is -2.30. The molecule has 7 nitrogen and oxygen atoms in total. The average molecular weight is 428 g/mol. The van der Waals surface area contributed by atoms with E-state index in [-0.39, 0.29) is 11.9 Å². The third-order valence-electron chi connectivity index (χ3n) is 4.96. The van der Waals surface area contributed by atoms with Gasteiger partial charge in [-0.3, -0.25) is 9.78 Å². The molecule has 0 aliphatic carbocycles. The molecule has 30 heavy (non-hydrogen) atoms. The Bertz CT molecular complexity index is 963. The number of aromatic nitrogens is 3. The van der Waals surface area contributed by atoms with Crippen molar-refractivity contribution in [2.24, 2.45) is 5.92 Å². The van der Waals surface area contributed by atoms with E-state index in [4.69, 9.17) is 4.74 Å². The Morgan fingerprint density at radius 3 is 2.90 bits per heavy atom. The van der Waals surface area contributed by atoms with Crippen molar-refractivity contribution in [3.05, 3.63) is 47.2 Å². The molecule has 8 heteroatoms. The van der Waals surface area contributed by atoms with Crippen LogP contribution in [0.5, 0.6) is 0 Å². The van der Waals surface area contributed by atoms with Crippen LogP contribution in [0.2, 0.25) is 0 Å². The summed E-state index contributed by atoms with van der Waals surface area (Å²) in [5.41, 5.74) is 2.15. The van der Waals surface area contributed by atoms with E-state index in [0.717, 1.165) is 28.9 Å². The number of fused-ring (bicyclic) bond motifs is 1. The molecular formula is C22H29N5O2S. The van der Waals surface area contributed by atoms with Gasteiger partial charge in [-0.15, -0.1) is 11.3 Å². The number of carbonyl (C=O) groups is 1. The Hall–Kier alpha value is -2.58. The minimum atomic E-state index is -0.0712. The van der Waals surface area contributed by atoms with E-state index in [0.29, 0.717) is 30.7 Å². The number of methoxy groups -OCH3 is 1. The van der Waals surface area contributed by atoms with Crippen molar-refractivity contribution in [3.8, 4) is 0 Å². The zero-order valence-electron chi connectivity index (χ0n) is 18.0. The van der Waals surface area contributed by atoms with Gasteiger partial charge in [-0.05, 0) is 36.9 Å². The van der Waals surface area contributed by atoms with Crippen LogP contribution in [0.4, 0.5) is 5.95 Å². The Morgan fingerprint density at radius 1 is 1.33 bits per heavy atom. The van der Waals surface area contributed by atoms with Crippen molar-refractivity contribution in [2.75, 3.05) is 32.1 Å². The van der Waals surface area contributed by atoms with Gasteiger partial charge >= 0.3 is 0 Å². The van der Waals surface area contributed by atoms with Gasteiger partial charge in [-0.1, -0.05) is 19.9 Å². The summed E-state index contributed by atoms with van der Waals surface area (Å²) in [6.45, 7) is 8.12. The number of carbonyl (C=O) groups excluding carboxylic acids is 1. The van der Waals surface area contributed by atoms with Crippen molar-refractivity contribution >= 4 is 33.4 Å². The van der Waals surface area contributed by atoms with Crippen LogP contribution < -0.4 is 5.32 Å². The second-order valence-corrected chi connectivity index (χ2v) is 7.93. The van der Waals surface area contributed by atoms with Gasteiger partial charge in [0.1, 0.15) is 0 Å². The molecule has 1 aliphatic heterocycles. The number of hydrogen-bond acceptors (Lipinski definition) is 7. The van der Waals surface area contributed by atoms with Gasteiger partial charge in [-0.2, -0.15) is 0 Å². The molecule has 3 aromatic rings. The van der Waals surface area contributed by atoms with Crippen molar-refractivity contribution in [2.45, 2.75) is 33.2 Å². The lowest BCUT2D eigenvalue weighted by Gasteiger charge is -2.18. The van der Waals surface area contributed by atoms with E-state index in [9.17, 15) is 4.79 Å². The molecule has 0 radical (unpaired) electrons. The van der Waals surface area contributed by atoms with Gasteiger partial charge in [0.15, 0.2) is 5.69 Å². The molecule has 0 bridgehead atoms. The topological polar surface area (TPSA) is 80.2 Å². The number of hydrogen-bond donors (Lipinski definition) is 1. The van der Waals surface area contributed by atoms with Crippen molar-refractivity contribution in [3.63, 3.8) is 0 Å². The monoisotopic (exact) mass is 427 g/mol. The highest BCUT2D eigenvalue weighted by atomic mass is 32.1. The molecule has 1 unspecified atom stereocenters. The van der Waals surface area contributed by atoms with E-state index in [2.05, 4.69) is 20.3 Å². The number of anilines is 1. The fourth-order valence-electron chi connectivity index (χ4n) is 3.51. The summed E-state index contributed by atoms with van der Waals surface area (Å²) in [7, 11) is 1.70. The summed E-state index contributed by atoms with van der Waals surface area (Å²) < 4.78 is 6.07. The maximum atomic E-state index is 13.2. The fourth-order valence-corrected chi connectivity index (χ4v) is 4.32. The second-order valence-electron chi connectivity index (χ2n) is 7.01. The number of nitrogens with one attached hydrogen (secondary N) is 1. The van der Waals surface area contributed by atoms with Crippen LogP contribution in [0.15, 0.2) is 35.8 Å². The molecule has 160 valence electrons. The largest absolute Gasteiger partial charge is 0.384 e. The zero-order valence-corrected chi connectivity index (χ0v) is 18.8. The lowest BCUT2D eigenvalue weighted by atomic mass is 10.1. The van der Waals surface area contributed by atoms with Crippen molar-refractivity contribution in [1.29, 1.82) is 0 Å². The molecular weight excluding hydrogens is 398 g/mol. The summed E-state index contributed by atoms with van der Waals surface area (Å²) in [6.07, 6.45) is 2.72. The first-order valence-electron chi connectivity index (χ1n) is 10.4. The highest BCUT2D eigenvalue weighted by molar-refractivity contribution is 7.17. The minimum Gasteiger partial charge on any atom is -0.384 e. The van der Waals surface area contributed by atoms with Crippen LogP contribution in [0, 0.1) is 5.92 Å².